The fourth-order valence-electron chi connectivity index (χ4n) is 2.31. The number of nitrogens with zero attached hydrogens (tertiary/aromatic N) is 4. The third-order valence-corrected chi connectivity index (χ3v) is 3.39. The lowest BCUT2D eigenvalue weighted by molar-refractivity contribution is 0.724. The molecular formula is C13H23N5. The third-order valence-electron chi connectivity index (χ3n) is 3.39. The number of nitrogens with one attached hydrogen (secondary N) is 1. The van der Waals surface area contributed by atoms with Gasteiger partial charge in [-0.15, -0.1) is 0 Å². The monoisotopic (exact) mass is 249 g/mol. The average Bonchev–Trinajstić information content (AvgIpc) is 2.69. The van der Waals surface area contributed by atoms with Crippen LogP contribution in [0.3, 0.4) is 0 Å². The first-order valence-electron chi connectivity index (χ1n) is 6.87. The van der Waals surface area contributed by atoms with E-state index >= 15 is 0 Å². The van der Waals surface area contributed by atoms with Gasteiger partial charge in [-0.2, -0.15) is 0 Å². The Bertz CT molecular complexity index is 356. The van der Waals surface area contributed by atoms with E-state index in [0.717, 1.165) is 50.9 Å². The molecule has 5 heteroatoms. The Morgan fingerprint density at radius 2 is 2.06 bits per heavy atom. The lowest BCUT2D eigenvalue weighted by Crippen LogP contribution is -2.29. The molecule has 1 aliphatic rings. The van der Waals surface area contributed by atoms with Crippen LogP contribution < -0.4 is 15.1 Å². The van der Waals surface area contributed by atoms with Crippen LogP contribution in [0.15, 0.2) is 12.4 Å². The van der Waals surface area contributed by atoms with E-state index in [9.17, 15) is 0 Å². The molecule has 0 atom stereocenters. The Balaban J connectivity index is 2.14. The molecule has 0 aromatic carbocycles. The van der Waals surface area contributed by atoms with E-state index in [0.29, 0.717) is 0 Å². The van der Waals surface area contributed by atoms with Gasteiger partial charge in [0.25, 0.3) is 0 Å². The fourth-order valence-corrected chi connectivity index (χ4v) is 2.31. The highest BCUT2D eigenvalue weighted by Crippen LogP contribution is 2.17. The maximum absolute atomic E-state index is 4.42. The maximum Gasteiger partial charge on any atom is 0.134 e. The normalized spacial score (nSPS) is 16.4. The number of hydrogen-bond acceptors (Lipinski definition) is 5. The SMILES string of the molecule is CCN(CC)c1cc(N2CCCNCC2)ncn1. The summed E-state index contributed by atoms with van der Waals surface area (Å²) in [5.41, 5.74) is 0. The van der Waals surface area contributed by atoms with Crippen molar-refractivity contribution >= 4 is 11.6 Å². The van der Waals surface area contributed by atoms with Gasteiger partial charge in [0.2, 0.25) is 0 Å². The van der Waals surface area contributed by atoms with E-state index in [1.165, 1.54) is 6.42 Å². The molecule has 0 radical (unpaired) electrons. The molecule has 18 heavy (non-hydrogen) atoms. The first-order valence-corrected chi connectivity index (χ1v) is 6.87. The summed E-state index contributed by atoms with van der Waals surface area (Å²) >= 11 is 0. The predicted octanol–water partition coefficient (Wildman–Crippen LogP) is 1.12. The molecule has 0 aliphatic carbocycles. The highest BCUT2D eigenvalue weighted by molar-refractivity contribution is 5.50. The molecule has 2 heterocycles. The molecule has 0 spiro atoms. The molecule has 0 bridgehead atoms. The molecule has 1 aromatic heterocycles. The van der Waals surface area contributed by atoms with Gasteiger partial charge in [0.05, 0.1) is 0 Å². The Morgan fingerprint density at radius 1 is 1.22 bits per heavy atom. The number of hydrogen-bond donors (Lipinski definition) is 1. The third kappa shape index (κ3) is 3.10. The Morgan fingerprint density at radius 3 is 2.83 bits per heavy atom. The first kappa shape index (κ1) is 13.1. The van der Waals surface area contributed by atoms with Crippen molar-refractivity contribution in [3.63, 3.8) is 0 Å². The molecule has 2 rings (SSSR count). The Kier molecular flexibility index (Phi) is 4.75. The van der Waals surface area contributed by atoms with Crippen molar-refractivity contribution in [2.75, 3.05) is 49.1 Å². The standard InChI is InChI=1S/C13H23N5/c1-3-17(4-2)12-10-13(16-11-15-12)18-8-5-6-14-7-9-18/h10-11,14H,3-9H2,1-2H3. The second-order valence-corrected chi connectivity index (χ2v) is 4.50. The van der Waals surface area contributed by atoms with Crippen LogP contribution in [0, 0.1) is 0 Å². The van der Waals surface area contributed by atoms with Gasteiger partial charge in [-0.05, 0) is 26.8 Å². The molecule has 100 valence electrons. The molecule has 1 aliphatic heterocycles. The highest BCUT2D eigenvalue weighted by atomic mass is 15.2. The van der Waals surface area contributed by atoms with Gasteiger partial charge >= 0.3 is 0 Å². The van der Waals surface area contributed by atoms with Gasteiger partial charge in [0.15, 0.2) is 0 Å². The summed E-state index contributed by atoms with van der Waals surface area (Å²) in [7, 11) is 0. The fraction of sp³-hybridized carbons (Fsp3) is 0.692. The number of rotatable bonds is 4. The van der Waals surface area contributed by atoms with Crippen LogP contribution in [-0.2, 0) is 0 Å². The molecule has 1 N–H and O–H groups in total. The Hall–Kier alpha value is -1.36. The van der Waals surface area contributed by atoms with Crippen LogP contribution in [0.4, 0.5) is 11.6 Å². The zero-order valence-corrected chi connectivity index (χ0v) is 11.4. The van der Waals surface area contributed by atoms with E-state index in [4.69, 9.17) is 0 Å². The van der Waals surface area contributed by atoms with Gasteiger partial charge < -0.3 is 15.1 Å². The van der Waals surface area contributed by atoms with Crippen molar-refractivity contribution in [3.8, 4) is 0 Å². The molecule has 1 fully saturated rings. The molecule has 0 saturated carbocycles. The first-order chi connectivity index (χ1) is 8.85. The van der Waals surface area contributed by atoms with Gasteiger partial charge in [-0.3, -0.25) is 0 Å². The second kappa shape index (κ2) is 6.54. The molecular weight excluding hydrogens is 226 g/mol. The van der Waals surface area contributed by atoms with Crippen molar-refractivity contribution in [3.05, 3.63) is 12.4 Å². The van der Waals surface area contributed by atoms with Crippen molar-refractivity contribution < 1.29 is 0 Å². The van der Waals surface area contributed by atoms with E-state index in [2.05, 4.69) is 45.0 Å². The smallest absolute Gasteiger partial charge is 0.134 e. The van der Waals surface area contributed by atoms with Gasteiger partial charge in [-0.25, -0.2) is 9.97 Å². The zero-order valence-electron chi connectivity index (χ0n) is 11.4. The van der Waals surface area contributed by atoms with E-state index < -0.39 is 0 Å². The maximum atomic E-state index is 4.42. The van der Waals surface area contributed by atoms with E-state index in [1.54, 1.807) is 6.33 Å². The van der Waals surface area contributed by atoms with Crippen molar-refractivity contribution in [1.82, 2.24) is 15.3 Å². The largest absolute Gasteiger partial charge is 0.357 e. The summed E-state index contributed by atoms with van der Waals surface area (Å²) in [6.07, 6.45) is 2.85. The van der Waals surface area contributed by atoms with E-state index in [1.807, 2.05) is 0 Å². The summed E-state index contributed by atoms with van der Waals surface area (Å²) < 4.78 is 0. The van der Waals surface area contributed by atoms with Crippen molar-refractivity contribution in [1.29, 1.82) is 0 Å². The summed E-state index contributed by atoms with van der Waals surface area (Å²) in [6, 6.07) is 2.11. The number of aromatic nitrogens is 2. The van der Waals surface area contributed by atoms with Gasteiger partial charge in [0, 0.05) is 38.8 Å². The van der Waals surface area contributed by atoms with Crippen molar-refractivity contribution in [2.24, 2.45) is 0 Å². The van der Waals surface area contributed by atoms with Crippen LogP contribution in [-0.4, -0.2) is 49.2 Å². The van der Waals surface area contributed by atoms with Crippen molar-refractivity contribution in [2.45, 2.75) is 20.3 Å². The Labute approximate surface area is 109 Å². The van der Waals surface area contributed by atoms with Crippen LogP contribution in [0.5, 0.6) is 0 Å². The van der Waals surface area contributed by atoms with E-state index in [-0.39, 0.29) is 0 Å². The second-order valence-electron chi connectivity index (χ2n) is 4.50. The van der Waals surface area contributed by atoms with Crippen LogP contribution >= 0.6 is 0 Å². The minimum atomic E-state index is 0.981. The van der Waals surface area contributed by atoms with Crippen LogP contribution in [0.25, 0.3) is 0 Å². The molecule has 1 aromatic rings. The summed E-state index contributed by atoms with van der Waals surface area (Å²) in [4.78, 5) is 13.4. The minimum absolute atomic E-state index is 0.981. The molecule has 5 nitrogen and oxygen atoms in total. The minimum Gasteiger partial charge on any atom is -0.357 e. The van der Waals surface area contributed by atoms with Crippen LogP contribution in [0.2, 0.25) is 0 Å². The summed E-state index contributed by atoms with van der Waals surface area (Å²) in [6.45, 7) is 10.5. The quantitative estimate of drug-likeness (QED) is 0.866. The zero-order chi connectivity index (χ0) is 12.8. The predicted molar refractivity (Wildman–Crippen MR) is 75.3 cm³/mol. The summed E-state index contributed by atoms with van der Waals surface area (Å²) in [5, 5.41) is 3.41. The average molecular weight is 249 g/mol. The van der Waals surface area contributed by atoms with Crippen LogP contribution in [0.1, 0.15) is 20.3 Å². The lowest BCUT2D eigenvalue weighted by atomic mass is 10.3. The molecule has 0 amide bonds. The summed E-state index contributed by atoms with van der Waals surface area (Å²) in [5.74, 6) is 2.08. The van der Waals surface area contributed by atoms with Gasteiger partial charge in [0.1, 0.15) is 18.0 Å². The molecule has 1 saturated heterocycles. The molecule has 0 unspecified atom stereocenters. The lowest BCUT2D eigenvalue weighted by Gasteiger charge is -2.24. The highest BCUT2D eigenvalue weighted by Gasteiger charge is 2.12. The van der Waals surface area contributed by atoms with Gasteiger partial charge in [-0.1, -0.05) is 0 Å². The topological polar surface area (TPSA) is 44.3 Å². The number of anilines is 2.